The lowest BCUT2D eigenvalue weighted by atomic mass is 9.78. The number of likely N-dealkylation sites (tertiary alicyclic amines) is 2. The molecule has 1 aromatic carbocycles. The Kier molecular flexibility index (Phi) is 4.28. The summed E-state index contributed by atoms with van der Waals surface area (Å²) in [5.41, 5.74) is 2.59. The third kappa shape index (κ3) is 2.84. The second-order valence-electron chi connectivity index (χ2n) is 8.60. The van der Waals surface area contributed by atoms with E-state index < -0.39 is 0 Å². The van der Waals surface area contributed by atoms with E-state index in [1.807, 2.05) is 27.5 Å². The van der Waals surface area contributed by atoms with E-state index in [4.69, 9.17) is 0 Å². The molecule has 5 heteroatoms. The number of aromatic nitrogens is 1. The van der Waals surface area contributed by atoms with Crippen LogP contribution in [0.2, 0.25) is 0 Å². The second kappa shape index (κ2) is 6.39. The molecule has 1 spiro atoms. The van der Waals surface area contributed by atoms with Gasteiger partial charge in [0, 0.05) is 43.6 Å². The maximum absolute atomic E-state index is 13.3. The lowest BCUT2D eigenvalue weighted by Crippen LogP contribution is -2.52. The first-order valence-electron chi connectivity index (χ1n) is 9.99. The van der Waals surface area contributed by atoms with Crippen molar-refractivity contribution in [1.29, 1.82) is 0 Å². The Labute approximate surface area is 160 Å². The molecule has 0 radical (unpaired) electrons. The van der Waals surface area contributed by atoms with Crippen LogP contribution in [0.25, 0.3) is 10.9 Å². The van der Waals surface area contributed by atoms with Crippen molar-refractivity contribution in [2.45, 2.75) is 46.1 Å². The van der Waals surface area contributed by atoms with Gasteiger partial charge < -0.3 is 14.4 Å². The minimum Gasteiger partial charge on any atom is -0.340 e. The minimum absolute atomic E-state index is 0.0395. The average Bonchev–Trinajstić information content (AvgIpc) is 3.20. The number of amides is 2. The van der Waals surface area contributed by atoms with Crippen LogP contribution in [0.1, 0.15) is 49.2 Å². The number of carbonyl (C=O) groups excluding carboxylic acids is 2. The van der Waals surface area contributed by atoms with Gasteiger partial charge in [0.2, 0.25) is 5.91 Å². The van der Waals surface area contributed by atoms with Crippen LogP contribution in [0, 0.1) is 12.3 Å². The SMILES string of the molecule is Cc1ccc2cc(C(=O)N3CC[C@@]4(CCCN(C(C)C)C4=O)C3)n(C)c2c1. The molecule has 2 aromatic rings. The molecule has 0 N–H and O–H groups in total. The van der Waals surface area contributed by atoms with Crippen molar-refractivity contribution >= 4 is 22.7 Å². The van der Waals surface area contributed by atoms with Crippen molar-refractivity contribution in [3.8, 4) is 0 Å². The molecule has 2 aliphatic heterocycles. The highest BCUT2D eigenvalue weighted by atomic mass is 16.2. The molecular formula is C22H29N3O2. The standard InChI is InChI=1S/C22H29N3O2/c1-15(2)25-10-5-8-22(21(25)27)9-11-24(14-22)20(26)19-13-17-7-6-16(3)12-18(17)23(19)4/h6-7,12-13,15H,5,8-11,14H2,1-4H3/t22-/m0/s1. The molecule has 5 nitrogen and oxygen atoms in total. The summed E-state index contributed by atoms with van der Waals surface area (Å²) in [5, 5.41) is 1.08. The van der Waals surface area contributed by atoms with E-state index in [2.05, 4.69) is 39.0 Å². The van der Waals surface area contributed by atoms with Gasteiger partial charge in [0.25, 0.3) is 5.91 Å². The van der Waals surface area contributed by atoms with Crippen molar-refractivity contribution < 1.29 is 9.59 Å². The normalized spacial score (nSPS) is 23.2. The fraction of sp³-hybridized carbons (Fsp3) is 0.545. The quantitative estimate of drug-likeness (QED) is 0.817. The summed E-state index contributed by atoms with van der Waals surface area (Å²) in [6.07, 6.45) is 2.70. The van der Waals surface area contributed by atoms with E-state index in [0.717, 1.165) is 36.7 Å². The van der Waals surface area contributed by atoms with Gasteiger partial charge in [-0.05, 0) is 57.7 Å². The predicted octanol–water partition coefficient (Wildman–Crippen LogP) is 3.35. The Morgan fingerprint density at radius 3 is 2.67 bits per heavy atom. The van der Waals surface area contributed by atoms with Crippen molar-refractivity contribution in [3.63, 3.8) is 0 Å². The molecule has 0 unspecified atom stereocenters. The van der Waals surface area contributed by atoms with Gasteiger partial charge in [0.15, 0.2) is 0 Å². The van der Waals surface area contributed by atoms with Crippen LogP contribution >= 0.6 is 0 Å². The highest BCUT2D eigenvalue weighted by Crippen LogP contribution is 2.41. The minimum atomic E-state index is -0.376. The third-order valence-electron chi connectivity index (χ3n) is 6.45. The van der Waals surface area contributed by atoms with Crippen LogP contribution < -0.4 is 0 Å². The smallest absolute Gasteiger partial charge is 0.270 e. The van der Waals surface area contributed by atoms with Crippen molar-refractivity contribution in [2.24, 2.45) is 12.5 Å². The van der Waals surface area contributed by atoms with E-state index in [-0.39, 0.29) is 23.3 Å². The number of benzene rings is 1. The number of carbonyl (C=O) groups is 2. The molecule has 2 saturated heterocycles. The first kappa shape index (κ1) is 18.1. The number of fused-ring (bicyclic) bond motifs is 1. The van der Waals surface area contributed by atoms with E-state index in [0.29, 0.717) is 18.8 Å². The Morgan fingerprint density at radius 1 is 1.15 bits per heavy atom. The first-order valence-corrected chi connectivity index (χ1v) is 9.99. The van der Waals surface area contributed by atoms with Gasteiger partial charge in [0.05, 0.1) is 5.41 Å². The molecule has 144 valence electrons. The highest BCUT2D eigenvalue weighted by Gasteiger charge is 2.50. The Bertz CT molecular complexity index is 914. The highest BCUT2D eigenvalue weighted by molar-refractivity contribution is 5.99. The summed E-state index contributed by atoms with van der Waals surface area (Å²) in [4.78, 5) is 30.3. The molecule has 1 aromatic heterocycles. The first-order chi connectivity index (χ1) is 12.8. The van der Waals surface area contributed by atoms with Crippen LogP contribution in [-0.2, 0) is 11.8 Å². The lowest BCUT2D eigenvalue weighted by Gasteiger charge is -2.41. The Hall–Kier alpha value is -2.30. The summed E-state index contributed by atoms with van der Waals surface area (Å²) >= 11 is 0. The number of piperidine rings is 1. The molecule has 2 amide bonds. The number of aryl methyl sites for hydroxylation is 2. The van der Waals surface area contributed by atoms with E-state index in [1.165, 1.54) is 5.56 Å². The van der Waals surface area contributed by atoms with Gasteiger partial charge in [-0.15, -0.1) is 0 Å². The van der Waals surface area contributed by atoms with Crippen LogP contribution in [0.3, 0.4) is 0 Å². The average molecular weight is 367 g/mol. The van der Waals surface area contributed by atoms with Crippen molar-refractivity contribution in [1.82, 2.24) is 14.4 Å². The number of nitrogens with zero attached hydrogens (tertiary/aromatic N) is 3. The van der Waals surface area contributed by atoms with Gasteiger partial charge >= 0.3 is 0 Å². The van der Waals surface area contributed by atoms with Crippen molar-refractivity contribution in [2.75, 3.05) is 19.6 Å². The zero-order chi connectivity index (χ0) is 19.3. The molecule has 4 rings (SSSR count). The van der Waals surface area contributed by atoms with Crippen LogP contribution in [-0.4, -0.2) is 51.9 Å². The zero-order valence-electron chi connectivity index (χ0n) is 16.8. The number of hydrogen-bond donors (Lipinski definition) is 0. The molecular weight excluding hydrogens is 338 g/mol. The largest absolute Gasteiger partial charge is 0.340 e. The van der Waals surface area contributed by atoms with Crippen molar-refractivity contribution in [3.05, 3.63) is 35.5 Å². The van der Waals surface area contributed by atoms with Gasteiger partial charge in [-0.2, -0.15) is 0 Å². The van der Waals surface area contributed by atoms with E-state index in [9.17, 15) is 9.59 Å². The molecule has 0 aliphatic carbocycles. The van der Waals surface area contributed by atoms with Gasteiger partial charge in [-0.3, -0.25) is 9.59 Å². The Morgan fingerprint density at radius 2 is 1.93 bits per heavy atom. The third-order valence-corrected chi connectivity index (χ3v) is 6.45. The topological polar surface area (TPSA) is 45.6 Å². The second-order valence-corrected chi connectivity index (χ2v) is 8.60. The fourth-order valence-corrected chi connectivity index (χ4v) is 4.83. The summed E-state index contributed by atoms with van der Waals surface area (Å²) < 4.78 is 1.98. The number of rotatable bonds is 2. The summed E-state index contributed by atoms with van der Waals surface area (Å²) in [6.45, 7) is 8.27. The van der Waals surface area contributed by atoms with Crippen LogP contribution in [0.15, 0.2) is 24.3 Å². The van der Waals surface area contributed by atoms with Gasteiger partial charge in [-0.25, -0.2) is 0 Å². The van der Waals surface area contributed by atoms with E-state index in [1.54, 1.807) is 0 Å². The summed E-state index contributed by atoms with van der Waals surface area (Å²) in [5.74, 6) is 0.282. The molecule has 3 heterocycles. The molecule has 2 fully saturated rings. The predicted molar refractivity (Wildman–Crippen MR) is 107 cm³/mol. The number of hydrogen-bond acceptors (Lipinski definition) is 2. The van der Waals surface area contributed by atoms with Crippen LogP contribution in [0.4, 0.5) is 0 Å². The zero-order valence-corrected chi connectivity index (χ0v) is 16.8. The fourth-order valence-electron chi connectivity index (χ4n) is 4.83. The maximum Gasteiger partial charge on any atom is 0.270 e. The van der Waals surface area contributed by atoms with Gasteiger partial charge in [0.1, 0.15) is 5.69 Å². The van der Waals surface area contributed by atoms with E-state index >= 15 is 0 Å². The molecule has 1 atom stereocenters. The molecule has 0 bridgehead atoms. The Balaban J connectivity index is 1.60. The van der Waals surface area contributed by atoms with Crippen LogP contribution in [0.5, 0.6) is 0 Å². The lowest BCUT2D eigenvalue weighted by molar-refractivity contribution is -0.147. The maximum atomic E-state index is 13.3. The molecule has 27 heavy (non-hydrogen) atoms. The summed E-state index contributed by atoms with van der Waals surface area (Å²) in [6, 6.07) is 8.45. The monoisotopic (exact) mass is 367 g/mol. The molecule has 0 saturated carbocycles. The summed E-state index contributed by atoms with van der Waals surface area (Å²) in [7, 11) is 1.95. The van der Waals surface area contributed by atoms with Gasteiger partial charge in [-0.1, -0.05) is 12.1 Å². The molecule has 2 aliphatic rings.